The van der Waals surface area contributed by atoms with Crippen molar-refractivity contribution in [2.24, 2.45) is 0 Å². The highest BCUT2D eigenvalue weighted by atomic mass is 32.2. The molecule has 8 heteroatoms. The molecule has 1 aromatic heterocycles. The Morgan fingerprint density at radius 3 is 2.47 bits per heavy atom. The van der Waals surface area contributed by atoms with Crippen LogP contribution in [0.25, 0.3) is 0 Å². The van der Waals surface area contributed by atoms with Crippen LogP contribution in [0.4, 0.5) is 5.82 Å². The van der Waals surface area contributed by atoms with E-state index in [0.29, 0.717) is 26.3 Å². The number of benzene rings is 1. The number of thioether (sulfide) groups is 1. The number of carbonyl (C=O) groups excluding carboxylic acids is 1. The van der Waals surface area contributed by atoms with E-state index >= 15 is 0 Å². The SMILES string of the molecule is Cc1nc(SCc2cccc(C(=O)N3CCOCC3)c2)nc(N2CCOCC2)c1C. The lowest BCUT2D eigenvalue weighted by molar-refractivity contribution is 0.0303. The molecule has 30 heavy (non-hydrogen) atoms. The molecule has 0 unspecified atom stereocenters. The van der Waals surface area contributed by atoms with E-state index in [-0.39, 0.29) is 5.91 Å². The van der Waals surface area contributed by atoms with Gasteiger partial charge in [0, 0.05) is 48.8 Å². The van der Waals surface area contributed by atoms with Crippen molar-refractivity contribution in [1.82, 2.24) is 14.9 Å². The van der Waals surface area contributed by atoms with Gasteiger partial charge in [-0.2, -0.15) is 0 Å². The van der Waals surface area contributed by atoms with Gasteiger partial charge in [0.2, 0.25) is 0 Å². The van der Waals surface area contributed by atoms with Crippen LogP contribution in [-0.2, 0) is 15.2 Å². The second-order valence-corrected chi connectivity index (χ2v) is 8.48. The third-order valence-electron chi connectivity index (χ3n) is 5.49. The fourth-order valence-corrected chi connectivity index (χ4v) is 4.46. The normalized spacial score (nSPS) is 17.3. The Hall–Kier alpha value is -2.16. The molecule has 0 atom stereocenters. The third-order valence-corrected chi connectivity index (χ3v) is 6.41. The fraction of sp³-hybridized carbons (Fsp3) is 0.500. The number of anilines is 1. The van der Waals surface area contributed by atoms with E-state index in [0.717, 1.165) is 65.4 Å². The van der Waals surface area contributed by atoms with Crippen molar-refractivity contribution >= 4 is 23.5 Å². The van der Waals surface area contributed by atoms with Gasteiger partial charge in [-0.05, 0) is 31.5 Å². The first-order valence-electron chi connectivity index (χ1n) is 10.4. The molecule has 3 heterocycles. The lowest BCUT2D eigenvalue weighted by Gasteiger charge is -2.29. The molecule has 1 aromatic carbocycles. The van der Waals surface area contributed by atoms with Crippen molar-refractivity contribution in [3.8, 4) is 0 Å². The van der Waals surface area contributed by atoms with Crippen LogP contribution in [0.5, 0.6) is 0 Å². The number of carbonyl (C=O) groups is 1. The molecule has 0 aliphatic carbocycles. The zero-order valence-corrected chi connectivity index (χ0v) is 18.4. The lowest BCUT2D eigenvalue weighted by Crippen LogP contribution is -2.40. The average molecular weight is 429 g/mol. The Kier molecular flexibility index (Phi) is 6.86. The van der Waals surface area contributed by atoms with Gasteiger partial charge in [0.25, 0.3) is 5.91 Å². The Morgan fingerprint density at radius 1 is 1.03 bits per heavy atom. The summed E-state index contributed by atoms with van der Waals surface area (Å²) in [7, 11) is 0. The van der Waals surface area contributed by atoms with E-state index < -0.39 is 0 Å². The fourth-order valence-electron chi connectivity index (χ4n) is 3.63. The van der Waals surface area contributed by atoms with Gasteiger partial charge < -0.3 is 19.3 Å². The standard InChI is InChI=1S/C22H28N4O3S/c1-16-17(2)23-22(24-20(16)25-6-10-28-11-7-25)30-15-18-4-3-5-19(14-18)21(27)26-8-12-29-13-9-26/h3-5,14H,6-13,15H2,1-2H3. The van der Waals surface area contributed by atoms with E-state index in [1.807, 2.05) is 36.1 Å². The van der Waals surface area contributed by atoms with Gasteiger partial charge in [0.15, 0.2) is 5.16 Å². The summed E-state index contributed by atoms with van der Waals surface area (Å²) in [6.07, 6.45) is 0. The third kappa shape index (κ3) is 4.94. The van der Waals surface area contributed by atoms with Gasteiger partial charge in [-0.15, -0.1) is 0 Å². The van der Waals surface area contributed by atoms with E-state index in [4.69, 9.17) is 14.5 Å². The van der Waals surface area contributed by atoms with Crippen LogP contribution in [0.15, 0.2) is 29.4 Å². The summed E-state index contributed by atoms with van der Waals surface area (Å²) in [5, 5.41) is 0.768. The highest BCUT2D eigenvalue weighted by Gasteiger charge is 2.20. The van der Waals surface area contributed by atoms with E-state index in [1.54, 1.807) is 11.8 Å². The van der Waals surface area contributed by atoms with Crippen molar-refractivity contribution in [3.05, 3.63) is 46.6 Å². The predicted molar refractivity (Wildman–Crippen MR) is 117 cm³/mol. The quantitative estimate of drug-likeness (QED) is 0.536. The monoisotopic (exact) mass is 428 g/mol. The highest BCUT2D eigenvalue weighted by Crippen LogP contribution is 2.27. The van der Waals surface area contributed by atoms with Crippen molar-refractivity contribution in [3.63, 3.8) is 0 Å². The van der Waals surface area contributed by atoms with Crippen molar-refractivity contribution < 1.29 is 14.3 Å². The Bertz CT molecular complexity index is 896. The van der Waals surface area contributed by atoms with Crippen LogP contribution in [-0.4, -0.2) is 73.4 Å². The van der Waals surface area contributed by atoms with Gasteiger partial charge in [-0.1, -0.05) is 23.9 Å². The van der Waals surface area contributed by atoms with Gasteiger partial charge >= 0.3 is 0 Å². The summed E-state index contributed by atoms with van der Waals surface area (Å²) in [4.78, 5) is 26.4. The second-order valence-electron chi connectivity index (χ2n) is 7.53. The minimum Gasteiger partial charge on any atom is -0.378 e. The van der Waals surface area contributed by atoms with Crippen molar-refractivity contribution in [2.45, 2.75) is 24.8 Å². The van der Waals surface area contributed by atoms with Gasteiger partial charge in [-0.3, -0.25) is 4.79 Å². The summed E-state index contributed by atoms with van der Waals surface area (Å²) in [6.45, 7) is 9.80. The largest absolute Gasteiger partial charge is 0.378 e. The molecule has 160 valence electrons. The average Bonchev–Trinajstić information content (AvgIpc) is 2.80. The van der Waals surface area contributed by atoms with Crippen LogP contribution in [0.3, 0.4) is 0 Å². The molecule has 2 saturated heterocycles. The number of aryl methyl sites for hydroxylation is 1. The summed E-state index contributed by atoms with van der Waals surface area (Å²) in [5.74, 6) is 1.79. The maximum atomic E-state index is 12.8. The van der Waals surface area contributed by atoms with Crippen LogP contribution in [0.2, 0.25) is 0 Å². The van der Waals surface area contributed by atoms with Crippen molar-refractivity contribution in [1.29, 1.82) is 0 Å². The molecule has 1 amide bonds. The number of morpholine rings is 2. The van der Waals surface area contributed by atoms with Crippen LogP contribution in [0.1, 0.15) is 27.2 Å². The molecular weight excluding hydrogens is 400 g/mol. The molecule has 4 rings (SSSR count). The molecule has 0 saturated carbocycles. The molecule has 7 nitrogen and oxygen atoms in total. The first-order chi connectivity index (χ1) is 14.6. The number of hydrogen-bond acceptors (Lipinski definition) is 7. The Balaban J connectivity index is 1.45. The number of ether oxygens (including phenoxy) is 2. The zero-order chi connectivity index (χ0) is 20.9. The molecule has 2 aromatic rings. The topological polar surface area (TPSA) is 67.8 Å². The Labute approximate surface area is 181 Å². The number of amides is 1. The van der Waals surface area contributed by atoms with E-state index in [2.05, 4.69) is 16.8 Å². The van der Waals surface area contributed by atoms with E-state index in [9.17, 15) is 4.79 Å². The first kappa shape index (κ1) is 21.1. The molecule has 0 radical (unpaired) electrons. The lowest BCUT2D eigenvalue weighted by atomic mass is 10.1. The van der Waals surface area contributed by atoms with Gasteiger partial charge in [0.1, 0.15) is 5.82 Å². The highest BCUT2D eigenvalue weighted by molar-refractivity contribution is 7.98. The van der Waals surface area contributed by atoms with Gasteiger partial charge in [0.05, 0.1) is 26.4 Å². The van der Waals surface area contributed by atoms with E-state index in [1.165, 1.54) is 0 Å². The molecule has 0 spiro atoms. The summed E-state index contributed by atoms with van der Waals surface area (Å²) in [6, 6.07) is 7.86. The molecule has 2 aliphatic heterocycles. The maximum absolute atomic E-state index is 12.8. The smallest absolute Gasteiger partial charge is 0.254 e. The number of rotatable bonds is 5. The summed E-state index contributed by atoms with van der Waals surface area (Å²) in [5.41, 5.74) is 3.95. The first-order valence-corrected chi connectivity index (χ1v) is 11.4. The van der Waals surface area contributed by atoms with Crippen LogP contribution < -0.4 is 4.90 Å². The molecule has 0 N–H and O–H groups in total. The zero-order valence-electron chi connectivity index (χ0n) is 17.6. The number of aromatic nitrogens is 2. The Morgan fingerprint density at radius 2 is 1.73 bits per heavy atom. The number of hydrogen-bond donors (Lipinski definition) is 0. The summed E-state index contributed by atoms with van der Waals surface area (Å²) < 4.78 is 10.8. The predicted octanol–water partition coefficient (Wildman–Crippen LogP) is 2.69. The molecule has 0 bridgehead atoms. The second kappa shape index (κ2) is 9.76. The van der Waals surface area contributed by atoms with Gasteiger partial charge in [-0.25, -0.2) is 9.97 Å². The molecule has 2 fully saturated rings. The van der Waals surface area contributed by atoms with Crippen molar-refractivity contribution in [2.75, 3.05) is 57.5 Å². The maximum Gasteiger partial charge on any atom is 0.254 e. The van der Waals surface area contributed by atoms with Crippen LogP contribution >= 0.6 is 11.8 Å². The molecule has 2 aliphatic rings. The number of nitrogens with zero attached hydrogens (tertiary/aromatic N) is 4. The minimum atomic E-state index is 0.0715. The van der Waals surface area contributed by atoms with Crippen LogP contribution in [0, 0.1) is 13.8 Å². The summed E-state index contributed by atoms with van der Waals surface area (Å²) >= 11 is 1.61. The minimum absolute atomic E-state index is 0.0715. The molecular formula is C22H28N4O3S.